The summed E-state index contributed by atoms with van der Waals surface area (Å²) in [4.78, 5) is 15.6. The molecule has 1 atom stereocenters. The highest BCUT2D eigenvalue weighted by Crippen LogP contribution is 2.18. The van der Waals surface area contributed by atoms with E-state index in [9.17, 15) is 0 Å². The molecule has 0 saturated carbocycles. The summed E-state index contributed by atoms with van der Waals surface area (Å²) < 4.78 is 5.94. The van der Waals surface area contributed by atoms with Crippen LogP contribution in [0.1, 0.15) is 23.4 Å². The van der Waals surface area contributed by atoms with Gasteiger partial charge in [-0.3, -0.25) is 0 Å². The number of hydrogen-bond acceptors (Lipinski definition) is 6. The summed E-state index contributed by atoms with van der Waals surface area (Å²) in [5.74, 6) is 1.73. The Balaban J connectivity index is 1.61. The topological polar surface area (TPSA) is 63.2 Å². The first kappa shape index (κ1) is 16.6. The van der Waals surface area contributed by atoms with Gasteiger partial charge in [-0.2, -0.15) is 0 Å². The van der Waals surface area contributed by atoms with Gasteiger partial charge in [0.05, 0.1) is 12.7 Å². The van der Waals surface area contributed by atoms with E-state index < -0.39 is 0 Å². The minimum absolute atomic E-state index is 0.203. The molecule has 2 aromatic rings. The van der Waals surface area contributed by atoms with E-state index in [0.29, 0.717) is 0 Å². The number of aryl methyl sites for hydroxylation is 3. The van der Waals surface area contributed by atoms with Gasteiger partial charge in [0.15, 0.2) is 0 Å². The zero-order chi connectivity index (χ0) is 16.9. The van der Waals surface area contributed by atoms with Crippen molar-refractivity contribution in [3.63, 3.8) is 0 Å². The third-order valence-electron chi connectivity index (χ3n) is 4.23. The number of ether oxygens (including phenoxy) is 1. The predicted octanol–water partition coefficient (Wildman–Crippen LogP) is 2.37. The number of nitrogens with one attached hydrogen (secondary N) is 1. The van der Waals surface area contributed by atoms with Crippen LogP contribution in [0.15, 0.2) is 24.4 Å². The lowest BCUT2D eigenvalue weighted by atomic mass is 10.1. The Bertz CT molecular complexity index is 671. The molecule has 0 spiro atoms. The number of nitrogens with zero attached hydrogens (tertiary/aromatic N) is 4. The minimum Gasteiger partial charge on any atom is -0.375 e. The quantitative estimate of drug-likeness (QED) is 0.910. The van der Waals surface area contributed by atoms with Gasteiger partial charge in [0.25, 0.3) is 0 Å². The van der Waals surface area contributed by atoms with Crippen molar-refractivity contribution in [2.24, 2.45) is 0 Å². The Labute approximate surface area is 143 Å². The summed E-state index contributed by atoms with van der Waals surface area (Å²) in [6, 6.07) is 6.16. The number of pyridine rings is 1. The lowest BCUT2D eigenvalue weighted by Crippen LogP contribution is -2.43. The zero-order valence-corrected chi connectivity index (χ0v) is 14.6. The monoisotopic (exact) mass is 327 g/mol. The fraction of sp³-hybridized carbons (Fsp3) is 0.500. The van der Waals surface area contributed by atoms with E-state index in [2.05, 4.69) is 37.3 Å². The van der Waals surface area contributed by atoms with Gasteiger partial charge in [0.1, 0.15) is 5.82 Å². The molecular weight excluding hydrogens is 302 g/mol. The molecule has 0 aliphatic carbocycles. The molecule has 3 rings (SSSR count). The van der Waals surface area contributed by atoms with Gasteiger partial charge in [0.2, 0.25) is 5.95 Å². The van der Waals surface area contributed by atoms with Crippen LogP contribution in [0.25, 0.3) is 0 Å². The Kier molecular flexibility index (Phi) is 5.25. The molecule has 24 heavy (non-hydrogen) atoms. The zero-order valence-electron chi connectivity index (χ0n) is 14.6. The summed E-state index contributed by atoms with van der Waals surface area (Å²) in [6.07, 6.45) is 4.01. The van der Waals surface area contributed by atoms with Crippen LogP contribution < -0.4 is 10.2 Å². The largest absolute Gasteiger partial charge is 0.375 e. The summed E-state index contributed by atoms with van der Waals surface area (Å²) >= 11 is 0. The van der Waals surface area contributed by atoms with Crippen molar-refractivity contribution in [2.75, 3.05) is 37.0 Å². The van der Waals surface area contributed by atoms with Crippen molar-refractivity contribution in [3.8, 4) is 0 Å². The maximum Gasteiger partial charge on any atom is 0.225 e. The molecule has 1 saturated heterocycles. The summed E-state index contributed by atoms with van der Waals surface area (Å²) in [6.45, 7) is 6.43. The lowest BCUT2D eigenvalue weighted by Gasteiger charge is -2.33. The van der Waals surface area contributed by atoms with Crippen LogP contribution in [0.4, 0.5) is 11.8 Å². The maximum atomic E-state index is 5.94. The lowest BCUT2D eigenvalue weighted by molar-refractivity contribution is 0.0349. The summed E-state index contributed by atoms with van der Waals surface area (Å²) in [7, 11) is 1.89. The Morgan fingerprint density at radius 3 is 2.79 bits per heavy atom. The Morgan fingerprint density at radius 1 is 1.25 bits per heavy atom. The van der Waals surface area contributed by atoms with Gasteiger partial charge in [-0.1, -0.05) is 0 Å². The molecule has 6 heteroatoms. The molecule has 1 aliphatic rings. The van der Waals surface area contributed by atoms with Crippen molar-refractivity contribution in [3.05, 3.63) is 41.3 Å². The van der Waals surface area contributed by atoms with E-state index in [-0.39, 0.29) is 6.10 Å². The minimum atomic E-state index is 0.203. The molecular formula is C18H25N5O. The first-order valence-electron chi connectivity index (χ1n) is 8.45. The van der Waals surface area contributed by atoms with Gasteiger partial charge in [-0.25, -0.2) is 15.0 Å². The van der Waals surface area contributed by atoms with Crippen molar-refractivity contribution in [1.82, 2.24) is 15.0 Å². The molecule has 0 aromatic carbocycles. The third-order valence-corrected chi connectivity index (χ3v) is 4.23. The molecule has 0 amide bonds. The van der Waals surface area contributed by atoms with Gasteiger partial charge < -0.3 is 15.0 Å². The normalized spacial score (nSPS) is 17.8. The Morgan fingerprint density at radius 2 is 2.04 bits per heavy atom. The molecule has 128 valence electrons. The molecule has 2 aromatic heterocycles. The number of morpholine rings is 1. The smallest absolute Gasteiger partial charge is 0.225 e. The van der Waals surface area contributed by atoms with Crippen molar-refractivity contribution >= 4 is 11.8 Å². The van der Waals surface area contributed by atoms with Gasteiger partial charge >= 0.3 is 0 Å². The number of rotatable bonds is 5. The molecule has 6 nitrogen and oxygen atoms in total. The van der Waals surface area contributed by atoms with E-state index in [0.717, 1.165) is 55.7 Å². The number of aromatic nitrogens is 3. The van der Waals surface area contributed by atoms with Crippen molar-refractivity contribution in [2.45, 2.75) is 32.8 Å². The average Bonchev–Trinajstić information content (AvgIpc) is 2.59. The Hall–Kier alpha value is -2.21. The maximum absolute atomic E-state index is 5.94. The molecule has 3 heterocycles. The second-order valence-electron chi connectivity index (χ2n) is 6.23. The predicted molar refractivity (Wildman–Crippen MR) is 95.6 cm³/mol. The first-order valence-corrected chi connectivity index (χ1v) is 8.45. The first-order chi connectivity index (χ1) is 11.6. The van der Waals surface area contributed by atoms with E-state index >= 15 is 0 Å². The highest BCUT2D eigenvalue weighted by Gasteiger charge is 2.22. The van der Waals surface area contributed by atoms with Crippen LogP contribution in [-0.4, -0.2) is 47.8 Å². The number of anilines is 2. The van der Waals surface area contributed by atoms with Crippen LogP contribution in [0.5, 0.6) is 0 Å². The molecule has 0 unspecified atom stereocenters. The summed E-state index contributed by atoms with van der Waals surface area (Å²) in [5, 5.41) is 3.08. The van der Waals surface area contributed by atoms with Crippen LogP contribution in [0.2, 0.25) is 0 Å². The van der Waals surface area contributed by atoms with Crippen LogP contribution in [-0.2, 0) is 11.2 Å². The molecule has 0 radical (unpaired) electrons. The van der Waals surface area contributed by atoms with Crippen LogP contribution >= 0.6 is 0 Å². The van der Waals surface area contributed by atoms with Gasteiger partial charge in [0, 0.05) is 37.7 Å². The average molecular weight is 327 g/mol. The van der Waals surface area contributed by atoms with Crippen molar-refractivity contribution < 1.29 is 4.74 Å². The van der Waals surface area contributed by atoms with Crippen LogP contribution in [0, 0.1) is 13.8 Å². The summed E-state index contributed by atoms with van der Waals surface area (Å²) in [5.41, 5.74) is 3.30. The molecule has 1 aliphatic heterocycles. The SMILES string of the molecule is CNc1cc(CC[C@H]2CN(c3nc(C)cc(C)n3)CCO2)ccn1. The second-order valence-corrected chi connectivity index (χ2v) is 6.23. The second kappa shape index (κ2) is 7.57. The van der Waals surface area contributed by atoms with E-state index in [1.54, 1.807) is 0 Å². The van der Waals surface area contributed by atoms with E-state index in [4.69, 9.17) is 4.74 Å². The highest BCUT2D eigenvalue weighted by molar-refractivity contribution is 5.37. The van der Waals surface area contributed by atoms with Crippen LogP contribution in [0.3, 0.4) is 0 Å². The van der Waals surface area contributed by atoms with Gasteiger partial charge in [-0.05, 0) is 50.5 Å². The standard InChI is InChI=1S/C18H25N5O/c1-13-10-14(2)22-18(21-13)23-8-9-24-16(12-23)5-4-15-6-7-20-17(11-15)19-3/h6-7,10-11,16H,4-5,8-9,12H2,1-3H3,(H,19,20)/t16-/m0/s1. The van der Waals surface area contributed by atoms with Crippen molar-refractivity contribution in [1.29, 1.82) is 0 Å². The molecule has 1 fully saturated rings. The molecule has 0 bridgehead atoms. The number of hydrogen-bond donors (Lipinski definition) is 1. The van der Waals surface area contributed by atoms with Gasteiger partial charge in [-0.15, -0.1) is 0 Å². The fourth-order valence-electron chi connectivity index (χ4n) is 3.02. The highest BCUT2D eigenvalue weighted by atomic mass is 16.5. The molecule has 1 N–H and O–H groups in total. The fourth-order valence-corrected chi connectivity index (χ4v) is 3.02. The van der Waals surface area contributed by atoms with E-state index in [1.807, 2.05) is 33.2 Å². The third kappa shape index (κ3) is 4.20. The van der Waals surface area contributed by atoms with E-state index in [1.165, 1.54) is 5.56 Å².